The van der Waals surface area contributed by atoms with Crippen molar-refractivity contribution in [2.45, 2.75) is 56.5 Å². The zero-order chi connectivity index (χ0) is 29.4. The number of nitrogens with one attached hydrogen (secondary N) is 5. The number of H-pyrrole nitrogens is 2. The number of amides is 4. The monoisotopic (exact) mass is 556 g/mol. The van der Waals surface area contributed by atoms with Gasteiger partial charge in [0, 0.05) is 41.8 Å². The van der Waals surface area contributed by atoms with E-state index in [1.54, 1.807) is 18.3 Å². The number of hydrogen-bond donors (Lipinski definition) is 9. The van der Waals surface area contributed by atoms with Crippen molar-refractivity contribution in [2.24, 2.45) is 11.5 Å². The fourth-order valence-electron chi connectivity index (χ4n) is 4.06. The zero-order valence-electron chi connectivity index (χ0n) is 21.6. The van der Waals surface area contributed by atoms with Crippen LogP contribution in [0.25, 0.3) is 10.9 Å². The summed E-state index contributed by atoms with van der Waals surface area (Å²) in [6, 6.07) is 1.57. The quantitative estimate of drug-likeness (QED) is 0.104. The molecule has 0 fully saturated rings. The molecule has 0 aliphatic heterocycles. The second kappa shape index (κ2) is 13.3. The molecular formula is C25H32N8O7. The minimum atomic E-state index is -1.62. The summed E-state index contributed by atoms with van der Waals surface area (Å²) in [5, 5.41) is 27.7. The Morgan fingerprint density at radius 3 is 2.30 bits per heavy atom. The third-order valence-corrected chi connectivity index (χ3v) is 6.15. The number of aromatic nitrogens is 3. The van der Waals surface area contributed by atoms with Gasteiger partial charge in [-0.1, -0.05) is 18.2 Å². The normalized spacial score (nSPS) is 14.9. The SMILES string of the molecule is CC(O)C(NC(=O)C(CC(N)=O)NC(=O)C(N)Cc1cnc[nH]1)C(=O)NC(Cc1c[nH]c2ccccc12)C(=O)O. The van der Waals surface area contributed by atoms with Crippen molar-refractivity contribution in [1.29, 1.82) is 0 Å². The number of rotatable bonds is 14. The second-order valence-electron chi connectivity index (χ2n) is 9.31. The summed E-state index contributed by atoms with van der Waals surface area (Å²) in [4.78, 5) is 71.8. The number of carboxylic acids is 1. The molecule has 2 heterocycles. The highest BCUT2D eigenvalue weighted by Crippen LogP contribution is 2.19. The van der Waals surface area contributed by atoms with Crippen LogP contribution in [0.5, 0.6) is 0 Å². The molecule has 40 heavy (non-hydrogen) atoms. The number of carboxylic acid groups (broad SMARTS) is 1. The first-order chi connectivity index (χ1) is 19.0. The number of benzene rings is 1. The Morgan fingerprint density at radius 2 is 1.68 bits per heavy atom. The van der Waals surface area contributed by atoms with Crippen LogP contribution in [0.4, 0.5) is 0 Å². The molecule has 11 N–H and O–H groups in total. The maximum atomic E-state index is 13.0. The summed E-state index contributed by atoms with van der Waals surface area (Å²) in [5.41, 5.74) is 13.1. The molecule has 5 atom stereocenters. The minimum Gasteiger partial charge on any atom is -0.480 e. The van der Waals surface area contributed by atoms with E-state index in [1.807, 2.05) is 12.1 Å². The molecular weight excluding hydrogens is 524 g/mol. The number of primary amides is 1. The molecule has 0 radical (unpaired) electrons. The van der Waals surface area contributed by atoms with E-state index in [2.05, 4.69) is 30.9 Å². The Labute approximate surface area is 228 Å². The summed E-state index contributed by atoms with van der Waals surface area (Å²) < 4.78 is 0. The maximum absolute atomic E-state index is 13.0. The number of carbonyl (C=O) groups is 5. The Kier molecular flexibility index (Phi) is 9.94. The van der Waals surface area contributed by atoms with Gasteiger partial charge in [0.25, 0.3) is 0 Å². The molecule has 0 saturated carbocycles. The number of para-hydroxylation sites is 1. The number of aliphatic hydroxyl groups is 1. The van der Waals surface area contributed by atoms with Crippen LogP contribution in [0.1, 0.15) is 24.6 Å². The van der Waals surface area contributed by atoms with Crippen LogP contribution < -0.4 is 27.4 Å². The van der Waals surface area contributed by atoms with Gasteiger partial charge in [0.1, 0.15) is 18.1 Å². The summed E-state index contributed by atoms with van der Waals surface area (Å²) in [5.74, 6) is -5.04. The van der Waals surface area contributed by atoms with Crippen molar-refractivity contribution in [3.63, 3.8) is 0 Å². The molecule has 0 aliphatic rings. The standard InChI is InChI=1S/C25H32N8O7/c1-12(34)21(24(38)32-19(25(39)40)6-13-9-29-17-5-3-2-4-15(13)17)33-23(37)18(8-20(27)35)31-22(36)16(26)7-14-10-28-11-30-14/h2-5,9-12,16,18-19,21,29,34H,6-8,26H2,1H3,(H2,27,35)(H,28,30)(H,31,36)(H,32,38)(H,33,37)(H,39,40). The highest BCUT2D eigenvalue weighted by molar-refractivity contribution is 5.96. The van der Waals surface area contributed by atoms with Crippen molar-refractivity contribution >= 4 is 40.5 Å². The molecule has 4 amide bonds. The number of aromatic amines is 2. The average Bonchev–Trinajstić information content (AvgIpc) is 3.55. The van der Waals surface area contributed by atoms with Crippen LogP contribution in [0, 0.1) is 0 Å². The number of nitrogens with zero attached hydrogens (tertiary/aromatic N) is 1. The van der Waals surface area contributed by atoms with Crippen LogP contribution in [0.2, 0.25) is 0 Å². The van der Waals surface area contributed by atoms with Gasteiger partial charge in [-0.25, -0.2) is 9.78 Å². The van der Waals surface area contributed by atoms with Gasteiger partial charge in [-0.15, -0.1) is 0 Å². The van der Waals surface area contributed by atoms with E-state index in [9.17, 15) is 34.2 Å². The minimum absolute atomic E-state index is 0.0580. The zero-order valence-corrected chi connectivity index (χ0v) is 21.6. The Morgan fingerprint density at radius 1 is 0.975 bits per heavy atom. The smallest absolute Gasteiger partial charge is 0.326 e. The number of nitrogens with two attached hydrogens (primary N) is 2. The summed E-state index contributed by atoms with van der Waals surface area (Å²) in [6.07, 6.45) is 2.38. The topological polar surface area (TPSA) is 258 Å². The van der Waals surface area contributed by atoms with Crippen molar-refractivity contribution in [2.75, 3.05) is 0 Å². The number of aliphatic carboxylic acids is 1. The predicted molar refractivity (Wildman–Crippen MR) is 141 cm³/mol. The van der Waals surface area contributed by atoms with Crippen molar-refractivity contribution < 1.29 is 34.2 Å². The fraction of sp³-hybridized carbons (Fsp3) is 0.360. The van der Waals surface area contributed by atoms with E-state index < -0.39 is 66.3 Å². The summed E-state index contributed by atoms with van der Waals surface area (Å²) >= 11 is 0. The van der Waals surface area contributed by atoms with Gasteiger partial charge in [0.15, 0.2) is 0 Å². The largest absolute Gasteiger partial charge is 0.480 e. The molecule has 15 nitrogen and oxygen atoms in total. The lowest BCUT2D eigenvalue weighted by atomic mass is 10.0. The van der Waals surface area contributed by atoms with Gasteiger partial charge < -0.3 is 47.6 Å². The van der Waals surface area contributed by atoms with Crippen LogP contribution in [-0.2, 0) is 36.8 Å². The van der Waals surface area contributed by atoms with E-state index in [0.717, 1.165) is 10.9 Å². The van der Waals surface area contributed by atoms with Gasteiger partial charge in [-0.3, -0.25) is 19.2 Å². The Bertz CT molecular complexity index is 1350. The molecule has 3 rings (SSSR count). The fourth-order valence-corrected chi connectivity index (χ4v) is 4.06. The summed E-state index contributed by atoms with van der Waals surface area (Å²) in [7, 11) is 0. The Hall–Kier alpha value is -4.76. The van der Waals surface area contributed by atoms with E-state index in [-0.39, 0.29) is 12.8 Å². The lowest BCUT2D eigenvalue weighted by molar-refractivity contribution is -0.143. The number of carbonyl (C=O) groups excluding carboxylic acids is 4. The van der Waals surface area contributed by atoms with Gasteiger partial charge >= 0.3 is 5.97 Å². The number of fused-ring (bicyclic) bond motifs is 1. The third kappa shape index (κ3) is 7.87. The first kappa shape index (κ1) is 29.8. The first-order valence-electron chi connectivity index (χ1n) is 12.3. The molecule has 2 aromatic heterocycles. The van der Waals surface area contributed by atoms with Crippen molar-refractivity contribution in [1.82, 2.24) is 30.9 Å². The molecule has 3 aromatic rings. The number of imidazole rings is 1. The van der Waals surface area contributed by atoms with Crippen LogP contribution in [0.15, 0.2) is 43.0 Å². The van der Waals surface area contributed by atoms with Crippen LogP contribution in [0.3, 0.4) is 0 Å². The lowest BCUT2D eigenvalue weighted by Crippen LogP contribution is -2.60. The molecule has 15 heteroatoms. The van der Waals surface area contributed by atoms with Gasteiger partial charge in [0.2, 0.25) is 23.6 Å². The molecule has 5 unspecified atom stereocenters. The molecule has 0 saturated heterocycles. The van der Waals surface area contributed by atoms with Crippen molar-refractivity contribution in [3.8, 4) is 0 Å². The lowest BCUT2D eigenvalue weighted by Gasteiger charge is -2.26. The predicted octanol–water partition coefficient (Wildman–Crippen LogP) is -2.20. The molecule has 0 aliphatic carbocycles. The highest BCUT2D eigenvalue weighted by atomic mass is 16.4. The van der Waals surface area contributed by atoms with Crippen molar-refractivity contribution in [3.05, 3.63) is 54.2 Å². The molecule has 0 spiro atoms. The maximum Gasteiger partial charge on any atom is 0.326 e. The van der Waals surface area contributed by atoms with E-state index in [1.165, 1.54) is 19.4 Å². The van der Waals surface area contributed by atoms with E-state index >= 15 is 0 Å². The second-order valence-corrected chi connectivity index (χ2v) is 9.31. The molecule has 1 aromatic carbocycles. The number of aliphatic hydroxyl groups excluding tert-OH is 1. The third-order valence-electron chi connectivity index (χ3n) is 6.15. The van der Waals surface area contributed by atoms with E-state index in [4.69, 9.17) is 11.5 Å². The van der Waals surface area contributed by atoms with E-state index in [0.29, 0.717) is 11.3 Å². The van der Waals surface area contributed by atoms with Gasteiger partial charge in [0.05, 0.1) is 24.9 Å². The first-order valence-corrected chi connectivity index (χ1v) is 12.3. The van der Waals surface area contributed by atoms with Gasteiger partial charge in [-0.05, 0) is 18.6 Å². The number of hydrogen-bond acceptors (Lipinski definition) is 8. The van der Waals surface area contributed by atoms with Gasteiger partial charge in [-0.2, -0.15) is 0 Å². The average molecular weight is 557 g/mol. The Balaban J connectivity index is 1.69. The molecule has 0 bridgehead atoms. The van der Waals surface area contributed by atoms with Crippen LogP contribution >= 0.6 is 0 Å². The highest BCUT2D eigenvalue weighted by Gasteiger charge is 2.33. The summed E-state index contributed by atoms with van der Waals surface area (Å²) in [6.45, 7) is 1.21. The molecule has 214 valence electrons. The van der Waals surface area contributed by atoms with Crippen LogP contribution in [-0.4, -0.2) is 85.0 Å².